The van der Waals surface area contributed by atoms with Gasteiger partial charge in [-0.1, -0.05) is 6.92 Å². The summed E-state index contributed by atoms with van der Waals surface area (Å²) in [5.74, 6) is 0.759. The normalized spacial score (nSPS) is 13.7. The van der Waals surface area contributed by atoms with Crippen LogP contribution < -0.4 is 10.5 Å². The second-order valence-corrected chi connectivity index (χ2v) is 6.71. The first-order chi connectivity index (χ1) is 8.40. The van der Waals surface area contributed by atoms with Crippen molar-refractivity contribution >= 4 is 27.6 Å². The zero-order valence-electron chi connectivity index (χ0n) is 10.9. The number of aromatic nitrogens is 2. The van der Waals surface area contributed by atoms with Crippen LogP contribution in [0.5, 0.6) is 0 Å². The van der Waals surface area contributed by atoms with E-state index in [2.05, 4.69) is 9.82 Å². The number of thioether (sulfide) groups is 1. The molecule has 0 spiro atoms. The highest BCUT2D eigenvalue weighted by molar-refractivity contribution is 7.98. The van der Waals surface area contributed by atoms with E-state index < -0.39 is 10.0 Å². The zero-order chi connectivity index (χ0) is 13.8. The Balaban J connectivity index is 2.90. The molecule has 1 aromatic heterocycles. The second-order valence-electron chi connectivity index (χ2n) is 4.12. The Morgan fingerprint density at radius 3 is 2.83 bits per heavy atom. The van der Waals surface area contributed by atoms with Crippen molar-refractivity contribution in [2.45, 2.75) is 37.8 Å². The quantitative estimate of drug-likeness (QED) is 0.779. The van der Waals surface area contributed by atoms with Crippen LogP contribution in [0.15, 0.2) is 11.1 Å². The maximum absolute atomic E-state index is 12.1. The lowest BCUT2D eigenvalue weighted by Gasteiger charge is -2.11. The molecule has 1 heterocycles. The predicted octanol–water partition coefficient (Wildman–Crippen LogP) is 0.905. The molecule has 0 aliphatic rings. The van der Waals surface area contributed by atoms with Gasteiger partial charge in [-0.25, -0.2) is 13.1 Å². The first kappa shape index (κ1) is 15.3. The average Bonchev–Trinajstić information content (AvgIpc) is 2.60. The molecule has 0 bridgehead atoms. The van der Waals surface area contributed by atoms with Gasteiger partial charge in [0.2, 0.25) is 10.0 Å². The molecule has 0 aliphatic heterocycles. The van der Waals surface area contributed by atoms with Crippen LogP contribution in [0.2, 0.25) is 0 Å². The van der Waals surface area contributed by atoms with Crippen molar-refractivity contribution in [2.75, 3.05) is 17.7 Å². The Morgan fingerprint density at radius 1 is 1.61 bits per heavy atom. The summed E-state index contributed by atoms with van der Waals surface area (Å²) in [4.78, 5) is 0.0592. The molecule has 0 amide bonds. The van der Waals surface area contributed by atoms with Crippen molar-refractivity contribution in [3.63, 3.8) is 0 Å². The van der Waals surface area contributed by atoms with Gasteiger partial charge in [-0.2, -0.15) is 16.9 Å². The second kappa shape index (κ2) is 6.44. The minimum atomic E-state index is -3.58. The number of nitrogens with zero attached hydrogens (tertiary/aromatic N) is 2. The van der Waals surface area contributed by atoms with Crippen LogP contribution in [-0.4, -0.2) is 36.2 Å². The van der Waals surface area contributed by atoms with Gasteiger partial charge in [0.15, 0.2) is 5.82 Å². The highest BCUT2D eigenvalue weighted by Gasteiger charge is 2.22. The van der Waals surface area contributed by atoms with E-state index in [9.17, 15) is 8.42 Å². The van der Waals surface area contributed by atoms with E-state index in [4.69, 9.17) is 5.73 Å². The lowest BCUT2D eigenvalue weighted by Crippen LogP contribution is -2.34. The van der Waals surface area contributed by atoms with Gasteiger partial charge >= 0.3 is 0 Å². The summed E-state index contributed by atoms with van der Waals surface area (Å²) in [5, 5.41) is 3.99. The van der Waals surface area contributed by atoms with Crippen LogP contribution in [-0.2, 0) is 16.6 Å². The average molecular weight is 292 g/mol. The summed E-state index contributed by atoms with van der Waals surface area (Å²) in [7, 11) is -3.58. The first-order valence-electron chi connectivity index (χ1n) is 5.75. The number of hydrogen-bond acceptors (Lipinski definition) is 5. The Labute approximate surface area is 112 Å². The van der Waals surface area contributed by atoms with Crippen molar-refractivity contribution in [1.29, 1.82) is 0 Å². The fourth-order valence-corrected chi connectivity index (χ4v) is 3.59. The van der Waals surface area contributed by atoms with Crippen molar-refractivity contribution in [1.82, 2.24) is 14.5 Å². The summed E-state index contributed by atoms with van der Waals surface area (Å²) in [5.41, 5.74) is 5.65. The van der Waals surface area contributed by atoms with Gasteiger partial charge in [0.1, 0.15) is 4.90 Å². The standard InChI is InChI=1S/C10H20N4O2S2/c1-4-5-14-6-9(10(11)12-14)18(15,16)13-8(2)7-17-3/h6,8,13H,4-5,7H2,1-3H3,(H2,11,12). The largest absolute Gasteiger partial charge is 0.381 e. The number of anilines is 1. The molecule has 0 aliphatic carbocycles. The molecule has 18 heavy (non-hydrogen) atoms. The summed E-state index contributed by atoms with van der Waals surface area (Å²) in [6.45, 7) is 4.46. The molecule has 0 radical (unpaired) electrons. The molecule has 3 N–H and O–H groups in total. The number of nitrogens with two attached hydrogens (primary N) is 1. The molecule has 6 nitrogen and oxygen atoms in total. The highest BCUT2D eigenvalue weighted by atomic mass is 32.2. The van der Waals surface area contributed by atoms with Gasteiger partial charge in [0.05, 0.1) is 0 Å². The molecule has 104 valence electrons. The topological polar surface area (TPSA) is 90.0 Å². The van der Waals surface area contributed by atoms with Gasteiger partial charge in [-0.3, -0.25) is 4.68 Å². The van der Waals surface area contributed by atoms with Gasteiger partial charge in [-0.15, -0.1) is 0 Å². The molecular weight excluding hydrogens is 272 g/mol. The van der Waals surface area contributed by atoms with Crippen molar-refractivity contribution in [3.8, 4) is 0 Å². The van der Waals surface area contributed by atoms with E-state index in [0.29, 0.717) is 12.3 Å². The number of nitrogen functional groups attached to an aromatic ring is 1. The summed E-state index contributed by atoms with van der Waals surface area (Å²) >= 11 is 1.58. The lowest BCUT2D eigenvalue weighted by atomic mass is 10.4. The number of aryl methyl sites for hydroxylation is 1. The predicted molar refractivity (Wildman–Crippen MR) is 75.1 cm³/mol. The van der Waals surface area contributed by atoms with Crippen LogP contribution in [0.4, 0.5) is 5.82 Å². The third-order valence-corrected chi connectivity index (χ3v) is 4.71. The monoisotopic (exact) mass is 292 g/mol. The fraction of sp³-hybridized carbons (Fsp3) is 0.700. The van der Waals surface area contributed by atoms with E-state index in [-0.39, 0.29) is 16.8 Å². The summed E-state index contributed by atoms with van der Waals surface area (Å²) < 4.78 is 28.4. The smallest absolute Gasteiger partial charge is 0.246 e. The Kier molecular flexibility index (Phi) is 5.48. The van der Waals surface area contributed by atoms with Crippen molar-refractivity contribution in [2.24, 2.45) is 0 Å². The third-order valence-electron chi connectivity index (χ3n) is 2.27. The molecule has 0 aromatic carbocycles. The van der Waals surface area contributed by atoms with E-state index in [1.54, 1.807) is 16.4 Å². The molecule has 8 heteroatoms. The number of nitrogens with one attached hydrogen (secondary N) is 1. The Hall–Kier alpha value is -0.730. The van der Waals surface area contributed by atoms with Gasteiger partial charge < -0.3 is 5.73 Å². The molecule has 1 unspecified atom stereocenters. The lowest BCUT2D eigenvalue weighted by molar-refractivity contribution is 0.569. The molecular formula is C10H20N4O2S2. The minimum absolute atomic E-state index is 0.0484. The van der Waals surface area contributed by atoms with E-state index in [1.807, 2.05) is 20.1 Å². The van der Waals surface area contributed by atoms with Crippen LogP contribution >= 0.6 is 11.8 Å². The number of rotatable bonds is 7. The number of sulfonamides is 1. The van der Waals surface area contributed by atoms with Crippen LogP contribution in [0, 0.1) is 0 Å². The van der Waals surface area contributed by atoms with E-state index >= 15 is 0 Å². The third kappa shape index (κ3) is 3.89. The maximum Gasteiger partial charge on any atom is 0.246 e. The van der Waals surface area contributed by atoms with Gasteiger partial charge in [0.25, 0.3) is 0 Å². The zero-order valence-corrected chi connectivity index (χ0v) is 12.5. The number of hydrogen-bond donors (Lipinski definition) is 2. The van der Waals surface area contributed by atoms with E-state index in [1.165, 1.54) is 6.20 Å². The Morgan fingerprint density at radius 2 is 2.28 bits per heavy atom. The fourth-order valence-electron chi connectivity index (χ4n) is 1.58. The summed E-state index contributed by atoms with van der Waals surface area (Å²) in [6.07, 6.45) is 4.28. The Bertz CT molecular complexity index is 484. The first-order valence-corrected chi connectivity index (χ1v) is 8.62. The van der Waals surface area contributed by atoms with Gasteiger partial charge in [-0.05, 0) is 19.6 Å². The van der Waals surface area contributed by atoms with Crippen molar-refractivity contribution < 1.29 is 8.42 Å². The molecule has 0 saturated heterocycles. The van der Waals surface area contributed by atoms with Crippen LogP contribution in [0.25, 0.3) is 0 Å². The summed E-state index contributed by atoms with van der Waals surface area (Å²) in [6, 6.07) is -0.140. The maximum atomic E-state index is 12.1. The van der Waals surface area contributed by atoms with Gasteiger partial charge in [0, 0.05) is 24.5 Å². The van der Waals surface area contributed by atoms with Crippen LogP contribution in [0.3, 0.4) is 0 Å². The van der Waals surface area contributed by atoms with Crippen molar-refractivity contribution in [3.05, 3.63) is 6.20 Å². The molecule has 1 atom stereocenters. The molecule has 1 rings (SSSR count). The SMILES string of the molecule is CCCn1cc(S(=O)(=O)NC(C)CSC)c(N)n1. The molecule has 1 aromatic rings. The minimum Gasteiger partial charge on any atom is -0.381 e. The molecule has 0 saturated carbocycles. The van der Waals surface area contributed by atoms with Crippen LogP contribution in [0.1, 0.15) is 20.3 Å². The molecule has 0 fully saturated rings. The van der Waals surface area contributed by atoms with E-state index in [0.717, 1.165) is 6.42 Å². The highest BCUT2D eigenvalue weighted by Crippen LogP contribution is 2.17.